The highest BCUT2D eigenvalue weighted by molar-refractivity contribution is 5.79. The summed E-state index contributed by atoms with van der Waals surface area (Å²) in [6, 6.07) is 9.88. The summed E-state index contributed by atoms with van der Waals surface area (Å²) in [6.45, 7) is 1.47. The van der Waals surface area contributed by atoms with Crippen LogP contribution in [-0.4, -0.2) is 29.5 Å². The molecule has 0 atom stereocenters. The van der Waals surface area contributed by atoms with E-state index >= 15 is 0 Å². The summed E-state index contributed by atoms with van der Waals surface area (Å²) in [7, 11) is 1.76. The number of aliphatic imine (C=N–C) groups is 1. The first-order valence-electron chi connectivity index (χ1n) is 6.62. The fourth-order valence-corrected chi connectivity index (χ4v) is 1.77. The molecule has 2 aromatic heterocycles. The predicted octanol–water partition coefficient (Wildman–Crippen LogP) is 1.38. The monoisotopic (exact) mass is 269 g/mol. The van der Waals surface area contributed by atoms with Crippen molar-refractivity contribution in [3.05, 3.63) is 60.2 Å². The molecule has 2 heterocycles. The van der Waals surface area contributed by atoms with E-state index in [0.29, 0.717) is 6.54 Å². The molecule has 0 aromatic carbocycles. The van der Waals surface area contributed by atoms with Crippen LogP contribution in [0.1, 0.15) is 11.3 Å². The standard InChI is InChI=1S/C15H19N5/c1-16-15(20-12-14-6-2-3-9-18-14)19-10-7-13-5-4-8-17-11-13/h2-6,8-9,11H,7,10,12H2,1H3,(H2,16,19,20). The number of pyridine rings is 2. The maximum Gasteiger partial charge on any atom is 0.191 e. The van der Waals surface area contributed by atoms with Gasteiger partial charge in [0, 0.05) is 32.2 Å². The molecule has 0 spiro atoms. The lowest BCUT2D eigenvalue weighted by atomic mass is 10.2. The van der Waals surface area contributed by atoms with Gasteiger partial charge in [-0.1, -0.05) is 12.1 Å². The highest BCUT2D eigenvalue weighted by Gasteiger charge is 1.99. The summed E-state index contributed by atoms with van der Waals surface area (Å²) < 4.78 is 0. The van der Waals surface area contributed by atoms with Gasteiger partial charge in [0.05, 0.1) is 12.2 Å². The van der Waals surface area contributed by atoms with E-state index in [0.717, 1.165) is 24.6 Å². The zero-order valence-corrected chi connectivity index (χ0v) is 11.6. The van der Waals surface area contributed by atoms with Crippen molar-refractivity contribution in [1.29, 1.82) is 0 Å². The largest absolute Gasteiger partial charge is 0.356 e. The second kappa shape index (κ2) is 7.89. The van der Waals surface area contributed by atoms with Gasteiger partial charge in [-0.15, -0.1) is 0 Å². The second-order valence-corrected chi connectivity index (χ2v) is 4.28. The van der Waals surface area contributed by atoms with Crippen LogP contribution < -0.4 is 10.6 Å². The van der Waals surface area contributed by atoms with Gasteiger partial charge in [-0.2, -0.15) is 0 Å². The minimum atomic E-state index is 0.660. The van der Waals surface area contributed by atoms with Gasteiger partial charge in [0.2, 0.25) is 0 Å². The number of guanidine groups is 1. The van der Waals surface area contributed by atoms with Crippen LogP contribution in [0.3, 0.4) is 0 Å². The van der Waals surface area contributed by atoms with E-state index in [2.05, 4.69) is 31.7 Å². The second-order valence-electron chi connectivity index (χ2n) is 4.28. The molecule has 0 fully saturated rings. The molecule has 2 N–H and O–H groups in total. The van der Waals surface area contributed by atoms with Crippen molar-refractivity contribution >= 4 is 5.96 Å². The number of rotatable bonds is 5. The summed E-state index contributed by atoms with van der Waals surface area (Å²) in [5, 5.41) is 6.50. The fraction of sp³-hybridized carbons (Fsp3) is 0.267. The number of aromatic nitrogens is 2. The van der Waals surface area contributed by atoms with Crippen molar-refractivity contribution in [2.45, 2.75) is 13.0 Å². The van der Waals surface area contributed by atoms with E-state index in [4.69, 9.17) is 0 Å². The van der Waals surface area contributed by atoms with Gasteiger partial charge in [0.25, 0.3) is 0 Å². The number of hydrogen-bond donors (Lipinski definition) is 2. The minimum Gasteiger partial charge on any atom is -0.356 e. The molecule has 0 saturated heterocycles. The maximum atomic E-state index is 4.26. The topological polar surface area (TPSA) is 62.2 Å². The van der Waals surface area contributed by atoms with Crippen molar-refractivity contribution < 1.29 is 0 Å². The Morgan fingerprint density at radius 3 is 2.80 bits per heavy atom. The molecule has 104 valence electrons. The maximum absolute atomic E-state index is 4.26. The van der Waals surface area contributed by atoms with Gasteiger partial charge in [0.1, 0.15) is 0 Å². The molecule has 0 amide bonds. The van der Waals surface area contributed by atoms with Gasteiger partial charge in [0.15, 0.2) is 5.96 Å². The highest BCUT2D eigenvalue weighted by Crippen LogP contribution is 1.95. The molecule has 0 saturated carbocycles. The van der Waals surface area contributed by atoms with Crippen molar-refractivity contribution in [2.24, 2.45) is 4.99 Å². The van der Waals surface area contributed by atoms with Crippen molar-refractivity contribution in [3.63, 3.8) is 0 Å². The SMILES string of the molecule is CN=C(NCCc1cccnc1)NCc1ccccn1. The third-order valence-corrected chi connectivity index (χ3v) is 2.82. The summed E-state index contributed by atoms with van der Waals surface area (Å²) >= 11 is 0. The molecular weight excluding hydrogens is 250 g/mol. The molecule has 0 bridgehead atoms. The zero-order chi connectivity index (χ0) is 14.0. The Morgan fingerprint density at radius 2 is 2.10 bits per heavy atom. The molecule has 2 aromatic rings. The van der Waals surface area contributed by atoms with E-state index in [9.17, 15) is 0 Å². The van der Waals surface area contributed by atoms with Crippen LogP contribution >= 0.6 is 0 Å². The lowest BCUT2D eigenvalue weighted by Crippen LogP contribution is -2.38. The highest BCUT2D eigenvalue weighted by atomic mass is 15.2. The molecule has 0 aliphatic heterocycles. The first kappa shape index (κ1) is 14.0. The molecule has 0 radical (unpaired) electrons. The molecule has 5 heteroatoms. The number of nitrogens with zero attached hydrogens (tertiary/aromatic N) is 3. The smallest absolute Gasteiger partial charge is 0.191 e. The summed E-state index contributed by atoms with van der Waals surface area (Å²) in [4.78, 5) is 12.5. The van der Waals surface area contributed by atoms with Crippen molar-refractivity contribution in [2.75, 3.05) is 13.6 Å². The van der Waals surface area contributed by atoms with Gasteiger partial charge in [-0.05, 0) is 30.2 Å². The number of nitrogens with one attached hydrogen (secondary N) is 2. The van der Waals surface area contributed by atoms with Crippen LogP contribution in [-0.2, 0) is 13.0 Å². The minimum absolute atomic E-state index is 0.660. The lowest BCUT2D eigenvalue weighted by Gasteiger charge is -2.11. The zero-order valence-electron chi connectivity index (χ0n) is 11.6. The predicted molar refractivity (Wildman–Crippen MR) is 80.4 cm³/mol. The van der Waals surface area contributed by atoms with Crippen LogP contribution in [0.5, 0.6) is 0 Å². The average molecular weight is 269 g/mol. The Labute approximate surface area is 119 Å². The molecule has 20 heavy (non-hydrogen) atoms. The van der Waals surface area contributed by atoms with Gasteiger partial charge in [-0.25, -0.2) is 0 Å². The summed E-state index contributed by atoms with van der Waals surface area (Å²) in [5.41, 5.74) is 2.20. The molecule has 5 nitrogen and oxygen atoms in total. The molecular formula is C15H19N5. The van der Waals surface area contributed by atoms with Crippen LogP contribution in [0.25, 0.3) is 0 Å². The van der Waals surface area contributed by atoms with Crippen molar-refractivity contribution in [3.8, 4) is 0 Å². The third-order valence-electron chi connectivity index (χ3n) is 2.82. The van der Waals surface area contributed by atoms with E-state index in [1.807, 2.05) is 30.5 Å². The van der Waals surface area contributed by atoms with Crippen LogP contribution in [0.15, 0.2) is 53.9 Å². The fourth-order valence-electron chi connectivity index (χ4n) is 1.77. The van der Waals surface area contributed by atoms with Gasteiger partial charge < -0.3 is 10.6 Å². The Morgan fingerprint density at radius 1 is 1.15 bits per heavy atom. The number of hydrogen-bond acceptors (Lipinski definition) is 3. The molecule has 0 aliphatic carbocycles. The van der Waals surface area contributed by atoms with E-state index < -0.39 is 0 Å². The van der Waals surface area contributed by atoms with Crippen LogP contribution in [0, 0.1) is 0 Å². The Kier molecular flexibility index (Phi) is 5.52. The third kappa shape index (κ3) is 4.68. The normalized spacial score (nSPS) is 11.2. The Balaban J connectivity index is 1.73. The average Bonchev–Trinajstić information content (AvgIpc) is 2.52. The first-order chi connectivity index (χ1) is 9.88. The summed E-state index contributed by atoms with van der Waals surface area (Å²) in [6.07, 6.45) is 6.36. The van der Waals surface area contributed by atoms with Crippen LogP contribution in [0.4, 0.5) is 0 Å². The lowest BCUT2D eigenvalue weighted by molar-refractivity contribution is 0.782. The molecule has 0 aliphatic rings. The Bertz CT molecular complexity index is 524. The summed E-state index contributed by atoms with van der Waals surface area (Å²) in [5.74, 6) is 0.777. The Hall–Kier alpha value is -2.43. The quantitative estimate of drug-likeness (QED) is 0.636. The van der Waals surface area contributed by atoms with E-state index in [-0.39, 0.29) is 0 Å². The molecule has 2 rings (SSSR count). The first-order valence-corrected chi connectivity index (χ1v) is 6.62. The van der Waals surface area contributed by atoms with E-state index in [1.54, 1.807) is 19.4 Å². The van der Waals surface area contributed by atoms with Crippen molar-refractivity contribution in [1.82, 2.24) is 20.6 Å². The molecule has 0 unspecified atom stereocenters. The van der Waals surface area contributed by atoms with Gasteiger partial charge in [-0.3, -0.25) is 15.0 Å². The van der Waals surface area contributed by atoms with Gasteiger partial charge >= 0.3 is 0 Å². The van der Waals surface area contributed by atoms with Crippen LogP contribution in [0.2, 0.25) is 0 Å². The van der Waals surface area contributed by atoms with E-state index in [1.165, 1.54) is 5.56 Å².